The minimum Gasteiger partial charge on any atom is -0.511 e. The second-order valence-electron chi connectivity index (χ2n) is 8.63. The molecule has 1 aromatic carbocycles. The van der Waals surface area contributed by atoms with Gasteiger partial charge in [-0.15, -0.1) is 0 Å². The van der Waals surface area contributed by atoms with E-state index in [9.17, 15) is 9.90 Å². The first-order valence-electron chi connectivity index (χ1n) is 11.5. The van der Waals surface area contributed by atoms with Crippen LogP contribution < -0.4 is 0 Å². The molecule has 2 aliphatic rings. The molecule has 1 unspecified atom stereocenters. The third kappa shape index (κ3) is 4.82. The van der Waals surface area contributed by atoms with Crippen LogP contribution in [0.2, 0.25) is 0 Å². The monoisotopic (exact) mass is 437 g/mol. The number of carbonyl (C=O) groups excluding carboxylic acids is 1. The van der Waals surface area contributed by atoms with Gasteiger partial charge in [0.25, 0.3) is 0 Å². The first-order valence-corrected chi connectivity index (χ1v) is 12.3. The van der Waals surface area contributed by atoms with Gasteiger partial charge in [-0.05, 0) is 43.4 Å². The van der Waals surface area contributed by atoms with Crippen molar-refractivity contribution in [3.8, 4) is 0 Å². The summed E-state index contributed by atoms with van der Waals surface area (Å²) in [4.78, 5) is 19.1. The molecule has 1 saturated carbocycles. The minimum atomic E-state index is -0.801. The standard InChI is InChI=1S/C26H31NO3S/c1-2-3-9-16-26(20-13-5-4-6-14-20)18-21(28)24(25(29)30-26)31-22-15-10-17-27-23(22)19-11-7-8-12-19/h4-6,10,13-15,17,19,28H,2-3,7-9,11-12,16,18H2,1H3. The van der Waals surface area contributed by atoms with Gasteiger partial charge in [0.1, 0.15) is 16.3 Å². The van der Waals surface area contributed by atoms with E-state index in [0.29, 0.717) is 23.7 Å². The van der Waals surface area contributed by atoms with Gasteiger partial charge in [-0.25, -0.2) is 4.79 Å². The molecule has 2 aromatic rings. The summed E-state index contributed by atoms with van der Waals surface area (Å²) in [5.74, 6) is 0.127. The van der Waals surface area contributed by atoms with Gasteiger partial charge in [0.05, 0.1) is 12.1 Å². The summed E-state index contributed by atoms with van der Waals surface area (Å²) in [6, 6.07) is 13.7. The molecular weight excluding hydrogens is 406 g/mol. The molecule has 1 aliphatic carbocycles. The highest BCUT2D eigenvalue weighted by Crippen LogP contribution is 2.47. The third-order valence-electron chi connectivity index (χ3n) is 6.43. The first-order chi connectivity index (χ1) is 15.1. The summed E-state index contributed by atoms with van der Waals surface area (Å²) in [6.07, 6.45) is 10.7. The van der Waals surface area contributed by atoms with Crippen molar-refractivity contribution in [2.75, 3.05) is 0 Å². The lowest BCUT2D eigenvalue weighted by Gasteiger charge is -2.37. The molecule has 0 spiro atoms. The Morgan fingerprint density at radius 1 is 1.13 bits per heavy atom. The third-order valence-corrected chi connectivity index (χ3v) is 7.60. The molecular formula is C26H31NO3S. The number of cyclic esters (lactones) is 1. The molecule has 164 valence electrons. The van der Waals surface area contributed by atoms with E-state index in [4.69, 9.17) is 4.74 Å². The lowest BCUT2D eigenvalue weighted by Crippen LogP contribution is -2.37. The molecule has 0 saturated heterocycles. The zero-order valence-corrected chi connectivity index (χ0v) is 19.0. The van der Waals surface area contributed by atoms with Crippen molar-refractivity contribution in [1.82, 2.24) is 4.98 Å². The summed E-state index contributed by atoms with van der Waals surface area (Å²) >= 11 is 1.31. The molecule has 2 heterocycles. The van der Waals surface area contributed by atoms with E-state index in [-0.39, 0.29) is 5.76 Å². The van der Waals surface area contributed by atoms with Crippen LogP contribution in [-0.2, 0) is 15.1 Å². The van der Waals surface area contributed by atoms with Gasteiger partial charge < -0.3 is 9.84 Å². The molecule has 31 heavy (non-hydrogen) atoms. The van der Waals surface area contributed by atoms with Crippen molar-refractivity contribution >= 4 is 17.7 Å². The van der Waals surface area contributed by atoms with Gasteiger partial charge in [-0.3, -0.25) is 4.98 Å². The van der Waals surface area contributed by atoms with Crippen molar-refractivity contribution in [1.29, 1.82) is 0 Å². The Labute approximate surface area is 189 Å². The van der Waals surface area contributed by atoms with Crippen molar-refractivity contribution in [2.24, 2.45) is 0 Å². The number of ether oxygens (including phenoxy) is 1. The van der Waals surface area contributed by atoms with E-state index in [1.165, 1.54) is 24.6 Å². The van der Waals surface area contributed by atoms with Crippen molar-refractivity contribution < 1.29 is 14.6 Å². The van der Waals surface area contributed by atoms with Crippen LogP contribution in [0.4, 0.5) is 0 Å². The largest absolute Gasteiger partial charge is 0.511 e. The quantitative estimate of drug-likeness (QED) is 0.355. The van der Waals surface area contributed by atoms with E-state index in [2.05, 4.69) is 11.9 Å². The number of hydrogen-bond acceptors (Lipinski definition) is 5. The van der Waals surface area contributed by atoms with E-state index >= 15 is 0 Å². The predicted octanol–water partition coefficient (Wildman–Crippen LogP) is 7.02. The number of benzene rings is 1. The maximum atomic E-state index is 13.2. The lowest BCUT2D eigenvalue weighted by molar-refractivity contribution is -0.160. The second kappa shape index (κ2) is 9.90. The fraction of sp³-hybridized carbons (Fsp3) is 0.462. The molecule has 1 aromatic heterocycles. The van der Waals surface area contributed by atoms with Crippen molar-refractivity contribution in [3.05, 3.63) is 70.6 Å². The molecule has 5 heteroatoms. The number of rotatable bonds is 8. The number of aliphatic hydroxyl groups is 1. The molecule has 1 aliphatic heterocycles. The summed E-state index contributed by atoms with van der Waals surface area (Å²) in [6.45, 7) is 2.16. The SMILES string of the molecule is CCCCCC1(c2ccccc2)CC(O)=C(Sc2cccnc2C2CCCC2)C(=O)O1. The molecule has 4 nitrogen and oxygen atoms in total. The Hall–Kier alpha value is -2.27. The number of pyridine rings is 1. The zero-order valence-electron chi connectivity index (χ0n) is 18.2. The maximum absolute atomic E-state index is 13.2. The molecule has 1 fully saturated rings. The number of aromatic nitrogens is 1. The topological polar surface area (TPSA) is 59.4 Å². The number of hydrogen-bond donors (Lipinski definition) is 1. The molecule has 0 radical (unpaired) electrons. The zero-order chi connectivity index (χ0) is 21.7. The fourth-order valence-electron chi connectivity index (χ4n) is 4.78. The highest BCUT2D eigenvalue weighted by molar-refractivity contribution is 8.04. The summed E-state index contributed by atoms with van der Waals surface area (Å²) < 4.78 is 6.13. The highest BCUT2D eigenvalue weighted by Gasteiger charge is 2.43. The van der Waals surface area contributed by atoms with Crippen LogP contribution in [0.15, 0.2) is 64.2 Å². The summed E-state index contributed by atoms with van der Waals surface area (Å²) in [7, 11) is 0. The number of thioether (sulfide) groups is 1. The van der Waals surface area contributed by atoms with Crippen molar-refractivity contribution in [3.63, 3.8) is 0 Å². The molecule has 0 bridgehead atoms. The van der Waals surface area contributed by atoms with Crippen LogP contribution in [0.1, 0.15) is 81.9 Å². The minimum absolute atomic E-state index is 0.128. The lowest BCUT2D eigenvalue weighted by atomic mass is 9.83. The van der Waals surface area contributed by atoms with Gasteiger partial charge in [-0.2, -0.15) is 0 Å². The van der Waals surface area contributed by atoms with E-state index < -0.39 is 11.6 Å². The highest BCUT2D eigenvalue weighted by atomic mass is 32.2. The van der Waals surface area contributed by atoms with E-state index in [0.717, 1.165) is 48.3 Å². The van der Waals surface area contributed by atoms with Crippen molar-refractivity contribution in [2.45, 2.75) is 81.1 Å². The van der Waals surface area contributed by atoms with Gasteiger partial charge in [-0.1, -0.05) is 74.7 Å². The van der Waals surface area contributed by atoms with E-state index in [1.54, 1.807) is 0 Å². The van der Waals surface area contributed by atoms with Crippen LogP contribution in [0.5, 0.6) is 0 Å². The smallest absolute Gasteiger partial charge is 0.349 e. The Morgan fingerprint density at radius 3 is 2.61 bits per heavy atom. The number of unbranched alkanes of at least 4 members (excludes halogenated alkanes) is 2. The van der Waals surface area contributed by atoms with Crippen LogP contribution in [0.3, 0.4) is 0 Å². The van der Waals surface area contributed by atoms with Crippen LogP contribution in [0, 0.1) is 0 Å². The Bertz CT molecular complexity index is 937. The van der Waals surface area contributed by atoms with Crippen LogP contribution in [0.25, 0.3) is 0 Å². The number of nitrogens with zero attached hydrogens (tertiary/aromatic N) is 1. The van der Waals surface area contributed by atoms with Crippen LogP contribution in [-0.4, -0.2) is 16.1 Å². The number of carbonyl (C=O) groups is 1. The van der Waals surface area contributed by atoms with E-state index in [1.807, 2.05) is 48.7 Å². The summed E-state index contributed by atoms with van der Waals surface area (Å²) in [5.41, 5.74) is 1.19. The molecule has 1 N–H and O–H groups in total. The van der Waals surface area contributed by atoms with Gasteiger partial charge in [0, 0.05) is 17.0 Å². The normalized spacial score (nSPS) is 22.0. The fourth-order valence-corrected chi connectivity index (χ4v) is 5.79. The Balaban J connectivity index is 1.62. The Morgan fingerprint density at radius 2 is 1.90 bits per heavy atom. The maximum Gasteiger partial charge on any atom is 0.349 e. The van der Waals surface area contributed by atoms with Gasteiger partial charge >= 0.3 is 5.97 Å². The van der Waals surface area contributed by atoms with Crippen LogP contribution >= 0.6 is 11.8 Å². The Kier molecular flexibility index (Phi) is 7.01. The number of aliphatic hydroxyl groups excluding tert-OH is 1. The van der Waals surface area contributed by atoms with Gasteiger partial charge in [0.2, 0.25) is 0 Å². The summed E-state index contributed by atoms with van der Waals surface area (Å²) in [5, 5.41) is 11.0. The second-order valence-corrected chi connectivity index (χ2v) is 9.68. The first kappa shape index (κ1) is 21.9. The average molecular weight is 438 g/mol. The molecule has 0 amide bonds. The molecule has 4 rings (SSSR count). The van der Waals surface area contributed by atoms with Gasteiger partial charge in [0.15, 0.2) is 0 Å². The predicted molar refractivity (Wildman–Crippen MR) is 124 cm³/mol. The number of esters is 1. The molecule has 1 atom stereocenters. The average Bonchev–Trinajstić information content (AvgIpc) is 3.32.